The summed E-state index contributed by atoms with van der Waals surface area (Å²) in [5.41, 5.74) is 18.5. The van der Waals surface area contributed by atoms with Crippen molar-refractivity contribution in [3.63, 3.8) is 0 Å². The molecule has 0 unspecified atom stereocenters. The van der Waals surface area contributed by atoms with E-state index in [1.807, 2.05) is 34.9 Å². The molecule has 74 heavy (non-hydrogen) atoms. The lowest BCUT2D eigenvalue weighted by Crippen LogP contribution is -2.56. The second-order valence-corrected chi connectivity index (χ2v) is 24.0. The average molecular weight is 1000 g/mol. The number of nitrogens with zero attached hydrogens (tertiary/aromatic N) is 3. The van der Waals surface area contributed by atoms with Crippen LogP contribution in [-0.4, -0.2) is 11.3 Å². The molecule has 0 fully saturated rings. The number of benzene rings is 10. The summed E-state index contributed by atoms with van der Waals surface area (Å²) < 4.78 is 12.6. The zero-order chi connectivity index (χ0) is 49.0. The third-order valence-electron chi connectivity index (χ3n) is 15.5. The Kier molecular flexibility index (Phi) is 9.11. The van der Waals surface area contributed by atoms with Gasteiger partial charge in [0.25, 0.3) is 0 Å². The molecule has 0 saturated carbocycles. The van der Waals surface area contributed by atoms with Crippen LogP contribution in [0.5, 0.6) is 0 Å². The van der Waals surface area contributed by atoms with Crippen molar-refractivity contribution in [2.75, 3.05) is 9.80 Å². The van der Waals surface area contributed by atoms with Crippen molar-refractivity contribution >= 4 is 140 Å². The summed E-state index contributed by atoms with van der Waals surface area (Å²) in [5.74, 6) is 0. The molecule has 0 saturated heterocycles. The van der Waals surface area contributed by atoms with E-state index in [9.17, 15) is 0 Å². The van der Waals surface area contributed by atoms with Crippen molar-refractivity contribution < 1.29 is 4.42 Å². The van der Waals surface area contributed by atoms with E-state index < -0.39 is 0 Å². The van der Waals surface area contributed by atoms with Gasteiger partial charge in [0.05, 0.1) is 22.4 Å². The van der Waals surface area contributed by atoms with Crippen molar-refractivity contribution in [2.24, 2.45) is 0 Å². The number of fused-ring (bicyclic) bond motifs is 15. The molecule has 8 heteroatoms. The molecule has 0 amide bonds. The van der Waals surface area contributed by atoms with Gasteiger partial charge in [0.1, 0.15) is 5.58 Å². The monoisotopic (exact) mass is 1000 g/mol. The van der Waals surface area contributed by atoms with Crippen molar-refractivity contribution in [2.45, 2.75) is 45.8 Å². The summed E-state index contributed by atoms with van der Waals surface area (Å²) in [6.07, 6.45) is 0. The lowest BCUT2D eigenvalue weighted by molar-refractivity contribution is 0.590. The first-order chi connectivity index (χ1) is 36.4. The Labute approximate surface area is 441 Å². The van der Waals surface area contributed by atoms with Crippen LogP contribution in [-0.2, 0) is 5.41 Å². The van der Waals surface area contributed by atoms with E-state index in [0.717, 1.165) is 44.8 Å². The van der Waals surface area contributed by atoms with Gasteiger partial charge in [-0.15, -0.1) is 11.3 Å². The molecular formula is C66H44BN3OS3. The number of hydrogen-bond donors (Lipinski definition) is 0. The SMILES string of the molecule is CC(C)(C)c1ccc(N2c3cc4c(cc3B3c5c(cc6sc7ccccc7c6c52)-c2ccc(N(c5ccccc5)c5ccccc5)c5c6c7ccccc7oc6n3c25)Sc2ccccc2S4)c(-c2ccccc2)c1. The quantitative estimate of drug-likeness (QED) is 0.160. The number of anilines is 6. The predicted molar refractivity (Wildman–Crippen MR) is 316 cm³/mol. The lowest BCUT2D eigenvalue weighted by Gasteiger charge is -2.42. The molecule has 0 bridgehead atoms. The van der Waals surface area contributed by atoms with E-state index in [4.69, 9.17) is 4.42 Å². The maximum Gasteiger partial charge on any atom is 0.336 e. The van der Waals surface area contributed by atoms with Crippen molar-refractivity contribution in [1.82, 2.24) is 4.48 Å². The number of aromatic nitrogens is 1. The highest BCUT2D eigenvalue weighted by molar-refractivity contribution is 8.05. The van der Waals surface area contributed by atoms with E-state index in [2.05, 4.69) is 247 Å². The minimum absolute atomic E-state index is 0.0626. The van der Waals surface area contributed by atoms with Gasteiger partial charge < -0.3 is 18.7 Å². The smallest absolute Gasteiger partial charge is 0.336 e. The van der Waals surface area contributed by atoms with Gasteiger partial charge in [-0.25, -0.2) is 0 Å². The third kappa shape index (κ3) is 6.07. The molecule has 3 aliphatic heterocycles. The standard InChI is InChI=1S/C66H44BN3OS3/c1-66(2,3)40-31-33-49(46(35-40)39-19-7-4-8-20-39)69-51-38-57-56(73-54-29-17-18-30-55(54)74-57)37-48(51)67-62-47(36-58-59(64(62)69)45-26-14-16-28-53(45)72-58)43-32-34-50(68(41-21-9-5-10-22-41)42-23-11-6-12-24-42)61-60-44-25-13-15-27-52(44)71-65(60)70(67)63(43)61/h4-38H,1-3H3. The van der Waals surface area contributed by atoms with E-state index in [0.29, 0.717) is 0 Å². The molecule has 3 aromatic heterocycles. The van der Waals surface area contributed by atoms with E-state index in [1.165, 1.54) is 101 Å². The van der Waals surface area contributed by atoms with Crippen LogP contribution in [0.2, 0.25) is 0 Å². The summed E-state index contributed by atoms with van der Waals surface area (Å²) >= 11 is 5.68. The minimum Gasteiger partial charge on any atom is -0.441 e. The van der Waals surface area contributed by atoms with E-state index in [1.54, 1.807) is 0 Å². The van der Waals surface area contributed by atoms with Crippen molar-refractivity contribution in [1.29, 1.82) is 0 Å². The van der Waals surface area contributed by atoms with Crippen LogP contribution >= 0.6 is 34.9 Å². The van der Waals surface area contributed by atoms with Crippen LogP contribution in [0.1, 0.15) is 26.3 Å². The molecule has 6 heterocycles. The zero-order valence-electron chi connectivity index (χ0n) is 40.8. The molecule has 4 nitrogen and oxygen atoms in total. The summed E-state index contributed by atoms with van der Waals surface area (Å²) in [5, 5.41) is 5.99. The molecule has 16 rings (SSSR count). The first-order valence-corrected chi connectivity index (χ1v) is 27.8. The normalized spacial score (nSPS) is 13.4. The number of furan rings is 1. The highest BCUT2D eigenvalue weighted by Crippen LogP contribution is 2.57. The van der Waals surface area contributed by atoms with Gasteiger partial charge in [0, 0.05) is 84.2 Å². The molecule has 0 aliphatic carbocycles. The Balaban J connectivity index is 1.10. The number of para-hydroxylation sites is 3. The fourth-order valence-corrected chi connectivity index (χ4v) is 15.7. The molecule has 0 radical (unpaired) electrons. The van der Waals surface area contributed by atoms with Crippen LogP contribution in [0.25, 0.3) is 75.4 Å². The fraction of sp³-hybridized carbons (Fsp3) is 0.0606. The van der Waals surface area contributed by atoms with Gasteiger partial charge in [0.15, 0.2) is 5.71 Å². The fourth-order valence-electron chi connectivity index (χ4n) is 12.3. The molecule has 0 spiro atoms. The van der Waals surface area contributed by atoms with Crippen LogP contribution in [0.3, 0.4) is 0 Å². The Bertz CT molecular complexity index is 4460. The Morgan fingerprint density at radius 1 is 0.500 bits per heavy atom. The van der Waals surface area contributed by atoms with Gasteiger partial charge in [-0.3, -0.25) is 0 Å². The maximum absolute atomic E-state index is 7.38. The number of thiophene rings is 1. The average Bonchev–Trinajstić information content (AvgIpc) is 4.11. The lowest BCUT2D eigenvalue weighted by atomic mass is 9.45. The molecular weight excluding hydrogens is 958 g/mol. The second-order valence-electron chi connectivity index (χ2n) is 20.8. The molecule has 3 aliphatic rings. The van der Waals surface area contributed by atoms with Crippen molar-refractivity contribution in [3.8, 4) is 22.3 Å². The summed E-state index contributed by atoms with van der Waals surface area (Å²) in [4.78, 5) is 10.2. The highest BCUT2D eigenvalue weighted by atomic mass is 32.2. The van der Waals surface area contributed by atoms with Crippen LogP contribution in [0.15, 0.2) is 236 Å². The van der Waals surface area contributed by atoms with Gasteiger partial charge in [-0.05, 0) is 118 Å². The first-order valence-electron chi connectivity index (χ1n) is 25.4. The molecule has 10 aromatic carbocycles. The Hall–Kier alpha value is -7.88. The molecule has 13 aromatic rings. The molecule has 0 atom stereocenters. The van der Waals surface area contributed by atoms with Gasteiger partial charge in [0.2, 0.25) is 0 Å². The second kappa shape index (κ2) is 15.8. The largest absolute Gasteiger partial charge is 0.441 e. The highest BCUT2D eigenvalue weighted by Gasteiger charge is 2.47. The Morgan fingerprint density at radius 3 is 1.88 bits per heavy atom. The summed E-state index contributed by atoms with van der Waals surface area (Å²) in [7, 11) is 0. The van der Waals surface area contributed by atoms with Gasteiger partial charge >= 0.3 is 6.85 Å². The topological polar surface area (TPSA) is 24.6 Å². The third-order valence-corrected chi connectivity index (χ3v) is 19.2. The minimum atomic E-state index is -0.249. The van der Waals surface area contributed by atoms with Crippen molar-refractivity contribution in [3.05, 3.63) is 218 Å². The summed E-state index contributed by atoms with van der Waals surface area (Å²) in [6, 6.07) is 78.9. The van der Waals surface area contributed by atoms with E-state index in [-0.39, 0.29) is 12.3 Å². The van der Waals surface area contributed by atoms with Crippen LogP contribution < -0.4 is 20.7 Å². The van der Waals surface area contributed by atoms with Crippen LogP contribution in [0, 0.1) is 0 Å². The summed E-state index contributed by atoms with van der Waals surface area (Å²) in [6.45, 7) is 6.72. The molecule has 0 N–H and O–H groups in total. The number of rotatable bonds is 5. The number of hydrogen-bond acceptors (Lipinski definition) is 6. The van der Waals surface area contributed by atoms with Gasteiger partial charge in [-0.1, -0.05) is 172 Å². The van der Waals surface area contributed by atoms with Gasteiger partial charge in [-0.2, -0.15) is 0 Å². The Morgan fingerprint density at radius 2 is 1.15 bits per heavy atom. The zero-order valence-corrected chi connectivity index (χ0v) is 43.2. The maximum atomic E-state index is 7.38. The molecule has 350 valence electrons. The van der Waals surface area contributed by atoms with Crippen LogP contribution in [0.4, 0.5) is 34.1 Å². The van der Waals surface area contributed by atoms with E-state index >= 15 is 0 Å². The first kappa shape index (κ1) is 42.6. The predicted octanol–water partition coefficient (Wildman–Crippen LogP) is 18.4.